The molecule has 1 spiro atoms. The van der Waals surface area contributed by atoms with E-state index in [2.05, 4.69) is 56.9 Å². The monoisotopic (exact) mass is 491 g/mol. The van der Waals surface area contributed by atoms with Gasteiger partial charge in [0.15, 0.2) is 6.54 Å². The van der Waals surface area contributed by atoms with Gasteiger partial charge in [0.25, 0.3) is 0 Å². The predicted molar refractivity (Wildman–Crippen MR) is 137 cm³/mol. The third-order valence-electron chi connectivity index (χ3n) is 9.88. The van der Waals surface area contributed by atoms with Gasteiger partial charge in [-0.3, -0.25) is 4.79 Å². The number of carbonyl (C=O) groups excluding carboxylic acids is 1. The second kappa shape index (κ2) is 10.1. The molecule has 0 radical (unpaired) electrons. The Morgan fingerprint density at radius 1 is 1.03 bits per heavy atom. The maximum atomic E-state index is 14.6. The van der Waals surface area contributed by atoms with Crippen molar-refractivity contribution in [1.29, 1.82) is 0 Å². The molecule has 2 aromatic rings. The average Bonchev–Trinajstić information content (AvgIpc) is 3.37. The molecule has 4 atom stereocenters. The number of aromatic nitrogens is 1. The van der Waals surface area contributed by atoms with Crippen LogP contribution in [0, 0.1) is 11.8 Å². The summed E-state index contributed by atoms with van der Waals surface area (Å²) < 4.78 is 5.48. The first-order valence-corrected chi connectivity index (χ1v) is 14.3. The quantitative estimate of drug-likeness (QED) is 0.678. The topological polar surface area (TPSA) is 76.9 Å². The lowest BCUT2D eigenvalue weighted by Gasteiger charge is -2.46. The van der Waals surface area contributed by atoms with Crippen LogP contribution in [-0.4, -0.2) is 50.1 Å². The molecule has 192 valence electrons. The molecule has 2 saturated heterocycles. The van der Waals surface area contributed by atoms with Gasteiger partial charge in [0.2, 0.25) is 11.6 Å². The van der Waals surface area contributed by atoms with Crippen molar-refractivity contribution in [3.63, 3.8) is 0 Å². The van der Waals surface area contributed by atoms with Gasteiger partial charge >= 0.3 is 5.88 Å². The standard InChI is InChI=1S/C30H40N4O2/c1-36-28-13-12-24-26(33-28)18-32-20-30(24)19-31-17-25(30)29(35)34-15-14-23(21-8-4-2-5-9-21)16-27(34)22-10-6-3-7-11-22/h2,4-5,8-9,12-13,22-23,25,27,31-32H,3,6-7,10-11,14-20H2,1H3/p+3/t23-,25+,27+,30-/m1/s1. The molecular weight excluding hydrogens is 448 g/mol. The van der Waals surface area contributed by atoms with Gasteiger partial charge in [0.05, 0.1) is 32.8 Å². The van der Waals surface area contributed by atoms with Crippen molar-refractivity contribution >= 4 is 5.91 Å². The minimum atomic E-state index is -0.110. The van der Waals surface area contributed by atoms with Crippen LogP contribution in [0.25, 0.3) is 0 Å². The highest BCUT2D eigenvalue weighted by Gasteiger charge is 2.58. The Bertz CT molecular complexity index is 1070. The summed E-state index contributed by atoms with van der Waals surface area (Å²) in [5.41, 5.74) is 3.91. The van der Waals surface area contributed by atoms with E-state index in [1.165, 1.54) is 48.9 Å². The average molecular weight is 492 g/mol. The molecule has 3 aliphatic heterocycles. The van der Waals surface area contributed by atoms with Crippen LogP contribution >= 0.6 is 0 Å². The zero-order valence-corrected chi connectivity index (χ0v) is 21.8. The van der Waals surface area contributed by atoms with Gasteiger partial charge in [-0.25, -0.2) is 0 Å². The van der Waals surface area contributed by atoms with E-state index in [1.807, 2.05) is 6.07 Å². The number of likely N-dealkylation sites (tertiary alicyclic amines) is 1. The Hall–Kier alpha value is -2.44. The maximum Gasteiger partial charge on any atom is 0.366 e. The van der Waals surface area contributed by atoms with Crippen LogP contribution in [0.3, 0.4) is 0 Å². The van der Waals surface area contributed by atoms with E-state index in [9.17, 15) is 4.79 Å². The lowest BCUT2D eigenvalue weighted by molar-refractivity contribution is -0.701. The van der Waals surface area contributed by atoms with Crippen molar-refractivity contribution in [2.45, 2.75) is 68.9 Å². The van der Waals surface area contributed by atoms with Crippen molar-refractivity contribution in [1.82, 2.24) is 4.90 Å². The number of methoxy groups -OCH3 is 1. The molecule has 3 fully saturated rings. The van der Waals surface area contributed by atoms with Gasteiger partial charge in [0.1, 0.15) is 11.3 Å². The molecule has 1 aromatic carbocycles. The predicted octanol–water partition coefficient (Wildman–Crippen LogP) is 1.37. The van der Waals surface area contributed by atoms with Crippen LogP contribution in [0.2, 0.25) is 0 Å². The van der Waals surface area contributed by atoms with E-state index in [4.69, 9.17) is 4.74 Å². The van der Waals surface area contributed by atoms with Gasteiger partial charge in [-0.05, 0) is 49.1 Å². The number of pyridine rings is 1. The first-order chi connectivity index (χ1) is 17.7. The van der Waals surface area contributed by atoms with Crippen LogP contribution in [0.4, 0.5) is 0 Å². The van der Waals surface area contributed by atoms with Gasteiger partial charge in [0, 0.05) is 18.2 Å². The zero-order chi connectivity index (χ0) is 24.5. The SMILES string of the molecule is COc1ccc2c([nH+]1)C[NH2+]C[C@]21C[NH2+]C[C@H]1C(=O)N1CC[C@@H](c2ccccc2)C[C@H]1C1CCCCC1. The zero-order valence-electron chi connectivity index (χ0n) is 21.8. The molecule has 4 heterocycles. The fourth-order valence-corrected chi connectivity index (χ4v) is 8.05. The van der Waals surface area contributed by atoms with E-state index in [0.29, 0.717) is 23.8 Å². The van der Waals surface area contributed by atoms with Crippen LogP contribution in [-0.2, 0) is 16.8 Å². The lowest BCUT2D eigenvalue weighted by atomic mass is 9.68. The molecule has 5 N–H and O–H groups in total. The van der Waals surface area contributed by atoms with E-state index in [0.717, 1.165) is 51.4 Å². The van der Waals surface area contributed by atoms with Crippen LogP contribution in [0.1, 0.15) is 67.7 Å². The molecule has 6 heteroatoms. The van der Waals surface area contributed by atoms with Crippen molar-refractivity contribution in [2.24, 2.45) is 11.8 Å². The molecular formula is C30H43N4O2+3. The summed E-state index contributed by atoms with van der Waals surface area (Å²) in [5.74, 6) is 2.47. The minimum absolute atomic E-state index is 0.0361. The van der Waals surface area contributed by atoms with Gasteiger partial charge in [-0.2, -0.15) is 4.98 Å². The summed E-state index contributed by atoms with van der Waals surface area (Å²) in [6.07, 6.45) is 8.76. The largest absolute Gasteiger partial charge is 0.448 e. The molecule has 36 heavy (non-hydrogen) atoms. The van der Waals surface area contributed by atoms with Crippen molar-refractivity contribution in [3.05, 3.63) is 59.3 Å². The first kappa shape index (κ1) is 23.9. The second-order valence-corrected chi connectivity index (χ2v) is 11.7. The number of rotatable bonds is 4. The Kier molecular flexibility index (Phi) is 6.74. The van der Waals surface area contributed by atoms with E-state index < -0.39 is 0 Å². The summed E-state index contributed by atoms with van der Waals surface area (Å²) in [6.45, 7) is 4.69. The van der Waals surface area contributed by atoms with Crippen molar-refractivity contribution in [3.8, 4) is 5.88 Å². The summed E-state index contributed by atoms with van der Waals surface area (Å²) in [4.78, 5) is 20.4. The van der Waals surface area contributed by atoms with Crippen molar-refractivity contribution < 1.29 is 25.1 Å². The third-order valence-corrected chi connectivity index (χ3v) is 9.88. The number of aromatic amines is 1. The van der Waals surface area contributed by atoms with Crippen LogP contribution < -0.4 is 20.4 Å². The molecule has 6 nitrogen and oxygen atoms in total. The lowest BCUT2D eigenvalue weighted by Crippen LogP contribution is -2.91. The minimum Gasteiger partial charge on any atom is -0.448 e. The Morgan fingerprint density at radius 3 is 2.64 bits per heavy atom. The number of fused-ring (bicyclic) bond motifs is 2. The second-order valence-electron chi connectivity index (χ2n) is 11.7. The van der Waals surface area contributed by atoms with Gasteiger partial charge in [-0.1, -0.05) is 49.6 Å². The molecule has 1 aromatic heterocycles. The summed E-state index contributed by atoms with van der Waals surface area (Å²) in [5, 5.41) is 4.78. The fourth-order valence-electron chi connectivity index (χ4n) is 8.05. The molecule has 4 aliphatic rings. The molecule has 0 unspecified atom stereocenters. The molecule has 0 bridgehead atoms. The van der Waals surface area contributed by atoms with Crippen molar-refractivity contribution in [2.75, 3.05) is 33.3 Å². The Morgan fingerprint density at radius 2 is 1.83 bits per heavy atom. The summed E-state index contributed by atoms with van der Waals surface area (Å²) in [7, 11) is 1.71. The highest BCUT2D eigenvalue weighted by Crippen LogP contribution is 2.42. The number of nitrogens with one attached hydrogen (secondary N) is 1. The number of amides is 1. The Balaban J connectivity index is 1.30. The van der Waals surface area contributed by atoms with E-state index in [-0.39, 0.29) is 11.3 Å². The van der Waals surface area contributed by atoms with E-state index in [1.54, 1.807) is 7.11 Å². The third kappa shape index (κ3) is 4.22. The van der Waals surface area contributed by atoms with Crippen LogP contribution in [0.15, 0.2) is 42.5 Å². The molecule has 1 saturated carbocycles. The summed E-state index contributed by atoms with van der Waals surface area (Å²) >= 11 is 0. The van der Waals surface area contributed by atoms with Gasteiger partial charge < -0.3 is 20.3 Å². The smallest absolute Gasteiger partial charge is 0.366 e. The number of carbonyl (C=O) groups is 1. The number of H-pyrrole nitrogens is 1. The molecule has 1 aliphatic carbocycles. The highest BCUT2D eigenvalue weighted by atomic mass is 16.5. The summed E-state index contributed by atoms with van der Waals surface area (Å²) in [6, 6.07) is 15.7. The maximum absolute atomic E-state index is 14.6. The van der Waals surface area contributed by atoms with E-state index >= 15 is 0 Å². The number of hydrogen-bond donors (Lipinski definition) is 2. The van der Waals surface area contributed by atoms with Gasteiger partial charge in [-0.15, -0.1) is 0 Å². The normalized spacial score (nSPS) is 30.8. The number of benzene rings is 1. The number of quaternary nitrogens is 2. The first-order valence-electron chi connectivity index (χ1n) is 14.3. The number of nitrogens with two attached hydrogens (primary N) is 2. The number of ether oxygens (including phenoxy) is 1. The number of nitrogens with zero attached hydrogens (tertiary/aromatic N) is 1. The Labute approximate surface area is 215 Å². The number of hydrogen-bond acceptors (Lipinski definition) is 2. The highest BCUT2D eigenvalue weighted by molar-refractivity contribution is 5.82. The van der Waals surface area contributed by atoms with Crippen LogP contribution in [0.5, 0.6) is 5.88 Å². The molecule has 1 amide bonds. The molecule has 6 rings (SSSR count). The number of piperidine rings is 1. The fraction of sp³-hybridized carbons (Fsp3) is 0.600.